The Kier molecular flexibility index (Phi) is 5.86. The van der Waals surface area contributed by atoms with Gasteiger partial charge in [-0.2, -0.15) is 5.10 Å². The van der Waals surface area contributed by atoms with Crippen molar-refractivity contribution in [3.05, 3.63) is 52.8 Å². The number of carbonyl (C=O) groups excluding carboxylic acids is 1. The molecule has 2 aromatic rings. The molecule has 0 saturated heterocycles. The Bertz CT molecular complexity index is 800. The van der Waals surface area contributed by atoms with Crippen LogP contribution in [0.5, 0.6) is 0 Å². The number of benzene rings is 1. The number of amides is 1. The molecule has 5 heteroatoms. The zero-order chi connectivity index (χ0) is 18.5. The third kappa shape index (κ3) is 4.40. The Balaban J connectivity index is 1.62. The summed E-state index contributed by atoms with van der Waals surface area (Å²) in [6, 6.07) is 13.2. The summed E-state index contributed by atoms with van der Waals surface area (Å²) in [4.78, 5) is 24.4. The molecule has 1 aromatic heterocycles. The van der Waals surface area contributed by atoms with Gasteiger partial charge in [-0.15, -0.1) is 0 Å². The number of nitrogens with zero attached hydrogens (tertiary/aromatic N) is 2. The molecule has 3 unspecified atom stereocenters. The summed E-state index contributed by atoms with van der Waals surface area (Å²) in [5, 5.41) is 7.57. The van der Waals surface area contributed by atoms with E-state index in [4.69, 9.17) is 0 Å². The van der Waals surface area contributed by atoms with E-state index in [2.05, 4.69) is 24.3 Å². The molecule has 0 spiro atoms. The van der Waals surface area contributed by atoms with Crippen LogP contribution in [0, 0.1) is 11.8 Å². The third-order valence-corrected chi connectivity index (χ3v) is 5.54. The molecule has 1 heterocycles. The van der Waals surface area contributed by atoms with Gasteiger partial charge in [-0.1, -0.05) is 57.0 Å². The SMILES string of the molecule is CC1CCCC(NC(=O)CCn2nc(-c3ccccc3)ccc2=O)C1C. The van der Waals surface area contributed by atoms with Crippen LogP contribution in [-0.2, 0) is 11.3 Å². The highest BCUT2D eigenvalue weighted by atomic mass is 16.2. The Morgan fingerprint density at radius 1 is 1.15 bits per heavy atom. The number of carbonyl (C=O) groups is 1. The van der Waals surface area contributed by atoms with Gasteiger partial charge in [0, 0.05) is 24.1 Å². The molecule has 1 aromatic carbocycles. The van der Waals surface area contributed by atoms with Crippen molar-refractivity contribution in [2.24, 2.45) is 11.8 Å². The predicted molar refractivity (Wildman–Crippen MR) is 103 cm³/mol. The van der Waals surface area contributed by atoms with Crippen LogP contribution in [0.1, 0.15) is 39.5 Å². The van der Waals surface area contributed by atoms with Crippen molar-refractivity contribution in [1.29, 1.82) is 0 Å². The van der Waals surface area contributed by atoms with Gasteiger partial charge in [0.25, 0.3) is 5.56 Å². The van der Waals surface area contributed by atoms with E-state index in [9.17, 15) is 9.59 Å². The van der Waals surface area contributed by atoms with Gasteiger partial charge < -0.3 is 5.32 Å². The minimum absolute atomic E-state index is 0.00485. The Morgan fingerprint density at radius 3 is 2.69 bits per heavy atom. The molecule has 3 rings (SSSR count). The first-order chi connectivity index (χ1) is 12.5. The average molecular weight is 353 g/mol. The number of rotatable bonds is 5. The van der Waals surface area contributed by atoms with Gasteiger partial charge in [-0.3, -0.25) is 9.59 Å². The number of aromatic nitrogens is 2. The maximum absolute atomic E-state index is 12.3. The van der Waals surface area contributed by atoms with Gasteiger partial charge in [0.05, 0.1) is 12.2 Å². The van der Waals surface area contributed by atoms with E-state index in [0.717, 1.165) is 24.1 Å². The number of hydrogen-bond donors (Lipinski definition) is 1. The Morgan fingerprint density at radius 2 is 1.92 bits per heavy atom. The van der Waals surface area contributed by atoms with Crippen molar-refractivity contribution in [2.75, 3.05) is 0 Å². The minimum atomic E-state index is -0.183. The summed E-state index contributed by atoms with van der Waals surface area (Å²) in [5.41, 5.74) is 1.51. The van der Waals surface area contributed by atoms with Crippen LogP contribution >= 0.6 is 0 Å². The monoisotopic (exact) mass is 353 g/mol. The van der Waals surface area contributed by atoms with Gasteiger partial charge in [0.15, 0.2) is 0 Å². The average Bonchev–Trinajstić information content (AvgIpc) is 2.65. The summed E-state index contributed by atoms with van der Waals surface area (Å²) in [6.07, 6.45) is 3.71. The van der Waals surface area contributed by atoms with Crippen LogP contribution in [0.2, 0.25) is 0 Å². The van der Waals surface area contributed by atoms with E-state index in [-0.39, 0.29) is 23.9 Å². The van der Waals surface area contributed by atoms with Gasteiger partial charge in [-0.25, -0.2) is 4.68 Å². The summed E-state index contributed by atoms with van der Waals surface area (Å²) in [7, 11) is 0. The smallest absolute Gasteiger partial charge is 0.266 e. The van der Waals surface area contributed by atoms with E-state index in [0.29, 0.717) is 18.4 Å². The van der Waals surface area contributed by atoms with Crippen LogP contribution in [0.15, 0.2) is 47.3 Å². The maximum Gasteiger partial charge on any atom is 0.266 e. The topological polar surface area (TPSA) is 64.0 Å². The zero-order valence-corrected chi connectivity index (χ0v) is 15.5. The summed E-state index contributed by atoms with van der Waals surface area (Å²) >= 11 is 0. The number of nitrogens with one attached hydrogen (secondary N) is 1. The molecule has 0 radical (unpaired) electrons. The van der Waals surface area contributed by atoms with Gasteiger partial charge in [0.1, 0.15) is 0 Å². The molecule has 3 atom stereocenters. The lowest BCUT2D eigenvalue weighted by atomic mass is 9.78. The molecule has 0 bridgehead atoms. The van der Waals surface area contributed by atoms with Crippen molar-refractivity contribution in [3.63, 3.8) is 0 Å². The second kappa shape index (κ2) is 8.30. The molecule has 1 amide bonds. The Hall–Kier alpha value is -2.43. The van der Waals surface area contributed by atoms with E-state index in [1.54, 1.807) is 6.07 Å². The fraction of sp³-hybridized carbons (Fsp3) is 0.476. The lowest BCUT2D eigenvalue weighted by Crippen LogP contribution is -2.44. The maximum atomic E-state index is 12.3. The fourth-order valence-electron chi connectivity index (χ4n) is 3.64. The quantitative estimate of drug-likeness (QED) is 0.897. The van der Waals surface area contributed by atoms with E-state index in [1.165, 1.54) is 17.2 Å². The normalized spacial score (nSPS) is 22.8. The van der Waals surface area contributed by atoms with Gasteiger partial charge in [0.2, 0.25) is 5.91 Å². The molecule has 1 aliphatic rings. The van der Waals surface area contributed by atoms with Crippen LogP contribution in [-0.4, -0.2) is 21.7 Å². The van der Waals surface area contributed by atoms with Crippen molar-refractivity contribution in [3.8, 4) is 11.3 Å². The first-order valence-electron chi connectivity index (χ1n) is 9.47. The summed E-state index contributed by atoms with van der Waals surface area (Å²) in [6.45, 7) is 4.76. The van der Waals surface area contributed by atoms with Crippen LogP contribution in [0.4, 0.5) is 0 Å². The molecule has 26 heavy (non-hydrogen) atoms. The first kappa shape index (κ1) is 18.4. The molecule has 1 saturated carbocycles. The van der Waals surface area contributed by atoms with Crippen LogP contribution in [0.25, 0.3) is 11.3 Å². The van der Waals surface area contributed by atoms with Crippen LogP contribution < -0.4 is 10.9 Å². The largest absolute Gasteiger partial charge is 0.353 e. The number of hydrogen-bond acceptors (Lipinski definition) is 3. The van der Waals surface area contributed by atoms with Crippen molar-refractivity contribution < 1.29 is 4.79 Å². The zero-order valence-electron chi connectivity index (χ0n) is 15.5. The molecule has 5 nitrogen and oxygen atoms in total. The molecule has 0 aliphatic heterocycles. The van der Waals surface area contributed by atoms with E-state index >= 15 is 0 Å². The molecule has 1 N–H and O–H groups in total. The highest BCUT2D eigenvalue weighted by Gasteiger charge is 2.27. The van der Waals surface area contributed by atoms with Crippen molar-refractivity contribution in [1.82, 2.24) is 15.1 Å². The van der Waals surface area contributed by atoms with Crippen LogP contribution in [0.3, 0.4) is 0 Å². The third-order valence-electron chi connectivity index (χ3n) is 5.54. The first-order valence-corrected chi connectivity index (χ1v) is 9.47. The lowest BCUT2D eigenvalue weighted by Gasteiger charge is -2.34. The van der Waals surface area contributed by atoms with Crippen molar-refractivity contribution >= 4 is 5.91 Å². The van der Waals surface area contributed by atoms with E-state index < -0.39 is 0 Å². The standard InChI is InChI=1S/C21H27N3O2/c1-15-7-6-10-18(16(15)2)22-20(25)13-14-24-21(26)12-11-19(23-24)17-8-4-3-5-9-17/h3-5,8-9,11-12,15-16,18H,6-7,10,13-14H2,1-2H3,(H,22,25). The fourth-order valence-corrected chi connectivity index (χ4v) is 3.64. The van der Waals surface area contributed by atoms with Crippen molar-refractivity contribution in [2.45, 2.75) is 52.1 Å². The molecule has 138 valence electrons. The lowest BCUT2D eigenvalue weighted by molar-refractivity contribution is -0.122. The second-order valence-electron chi connectivity index (χ2n) is 7.34. The molecular weight excluding hydrogens is 326 g/mol. The van der Waals surface area contributed by atoms with E-state index in [1.807, 2.05) is 30.3 Å². The minimum Gasteiger partial charge on any atom is -0.353 e. The molecule has 1 fully saturated rings. The van der Waals surface area contributed by atoms with Gasteiger partial charge in [-0.05, 0) is 24.3 Å². The highest BCUT2D eigenvalue weighted by molar-refractivity contribution is 5.76. The number of aryl methyl sites for hydroxylation is 1. The molecular formula is C21H27N3O2. The summed E-state index contributed by atoms with van der Waals surface area (Å²) < 4.78 is 1.38. The van der Waals surface area contributed by atoms with Gasteiger partial charge >= 0.3 is 0 Å². The highest BCUT2D eigenvalue weighted by Crippen LogP contribution is 2.29. The Labute approximate surface area is 154 Å². The summed E-state index contributed by atoms with van der Waals surface area (Å²) in [5.74, 6) is 1.13. The molecule has 1 aliphatic carbocycles. The second-order valence-corrected chi connectivity index (χ2v) is 7.34. The predicted octanol–water partition coefficient (Wildman–Crippen LogP) is 3.24.